The maximum Gasteiger partial charge on any atom is 0.255 e. The molecule has 118 valence electrons. The van der Waals surface area contributed by atoms with Crippen molar-refractivity contribution in [3.8, 4) is 0 Å². The standard InChI is InChI=1S/C18H17ClN2O2/c19-13-5-1-12(2-6-13)18(22)21-14-7-3-11(4-8-14)17-16-9-15(23-17)10-20-16/h1-8,15-17,20H,9-10H2,(H,21,22)/t15-,16-,17+/m1/s1. The monoisotopic (exact) mass is 328 g/mol. The summed E-state index contributed by atoms with van der Waals surface area (Å²) in [7, 11) is 0. The molecule has 1 amide bonds. The Hall–Kier alpha value is -1.88. The predicted octanol–water partition coefficient (Wildman–Crippen LogP) is 3.39. The maximum atomic E-state index is 12.2. The van der Waals surface area contributed by atoms with Crippen LogP contribution in [0.1, 0.15) is 28.4 Å². The third-order valence-corrected chi connectivity index (χ3v) is 4.68. The summed E-state index contributed by atoms with van der Waals surface area (Å²) in [5.74, 6) is -0.146. The van der Waals surface area contributed by atoms with Crippen LogP contribution in [-0.2, 0) is 4.74 Å². The van der Waals surface area contributed by atoms with Gasteiger partial charge >= 0.3 is 0 Å². The summed E-state index contributed by atoms with van der Waals surface area (Å²) in [5, 5.41) is 6.98. The van der Waals surface area contributed by atoms with Gasteiger partial charge in [0.05, 0.1) is 12.2 Å². The molecule has 2 aliphatic heterocycles. The SMILES string of the molecule is O=C(Nc1ccc([C@@H]2O[C@H]3CN[C@@H]2C3)cc1)c1ccc(Cl)cc1. The van der Waals surface area contributed by atoms with Gasteiger partial charge in [-0.1, -0.05) is 23.7 Å². The number of anilines is 1. The molecule has 0 radical (unpaired) electrons. The highest BCUT2D eigenvalue weighted by Crippen LogP contribution is 2.37. The fraction of sp³-hybridized carbons (Fsp3) is 0.278. The molecule has 4 nitrogen and oxygen atoms in total. The Morgan fingerprint density at radius 1 is 1.13 bits per heavy atom. The van der Waals surface area contributed by atoms with Crippen LogP contribution in [0.25, 0.3) is 0 Å². The number of hydrogen-bond donors (Lipinski definition) is 2. The molecule has 23 heavy (non-hydrogen) atoms. The molecular weight excluding hydrogens is 312 g/mol. The van der Waals surface area contributed by atoms with Gasteiger partial charge in [-0.2, -0.15) is 0 Å². The largest absolute Gasteiger partial charge is 0.367 e. The van der Waals surface area contributed by atoms with Crippen molar-refractivity contribution in [3.63, 3.8) is 0 Å². The molecule has 0 unspecified atom stereocenters. The number of amides is 1. The lowest BCUT2D eigenvalue weighted by atomic mass is 10.0. The first-order chi connectivity index (χ1) is 11.2. The van der Waals surface area contributed by atoms with Gasteiger partial charge in [0.25, 0.3) is 5.91 Å². The van der Waals surface area contributed by atoms with Crippen LogP contribution in [0.15, 0.2) is 48.5 Å². The quantitative estimate of drug-likeness (QED) is 0.908. The zero-order valence-electron chi connectivity index (χ0n) is 12.5. The van der Waals surface area contributed by atoms with Gasteiger partial charge in [-0.05, 0) is 48.4 Å². The number of fused-ring (bicyclic) bond motifs is 2. The summed E-state index contributed by atoms with van der Waals surface area (Å²) >= 11 is 5.83. The van der Waals surface area contributed by atoms with Crippen LogP contribution in [0.2, 0.25) is 5.02 Å². The molecule has 2 aromatic carbocycles. The Morgan fingerprint density at radius 3 is 2.48 bits per heavy atom. The van der Waals surface area contributed by atoms with E-state index in [0.29, 0.717) is 22.7 Å². The van der Waals surface area contributed by atoms with E-state index in [1.54, 1.807) is 24.3 Å². The highest BCUT2D eigenvalue weighted by Gasteiger charge is 2.41. The number of hydrogen-bond acceptors (Lipinski definition) is 3. The molecule has 2 saturated heterocycles. The van der Waals surface area contributed by atoms with Crippen molar-refractivity contribution in [1.29, 1.82) is 0 Å². The fourth-order valence-corrected chi connectivity index (χ4v) is 3.37. The highest BCUT2D eigenvalue weighted by molar-refractivity contribution is 6.30. The zero-order chi connectivity index (χ0) is 15.8. The predicted molar refractivity (Wildman–Crippen MR) is 89.9 cm³/mol. The molecule has 2 heterocycles. The zero-order valence-corrected chi connectivity index (χ0v) is 13.2. The Morgan fingerprint density at radius 2 is 1.87 bits per heavy atom. The number of nitrogens with one attached hydrogen (secondary N) is 2. The van der Waals surface area contributed by atoms with Gasteiger partial charge in [-0.15, -0.1) is 0 Å². The third kappa shape index (κ3) is 2.98. The van der Waals surface area contributed by atoms with Crippen molar-refractivity contribution in [3.05, 3.63) is 64.7 Å². The van der Waals surface area contributed by atoms with Crippen LogP contribution in [0, 0.1) is 0 Å². The Labute approximate surface area is 139 Å². The summed E-state index contributed by atoms with van der Waals surface area (Å²) in [6, 6.07) is 15.1. The molecule has 0 saturated carbocycles. The summed E-state index contributed by atoms with van der Waals surface area (Å²) < 4.78 is 5.99. The van der Waals surface area contributed by atoms with Gasteiger partial charge in [0, 0.05) is 28.9 Å². The topological polar surface area (TPSA) is 50.4 Å². The molecule has 2 bridgehead atoms. The molecule has 2 fully saturated rings. The lowest BCUT2D eigenvalue weighted by Crippen LogP contribution is -2.33. The minimum Gasteiger partial charge on any atom is -0.367 e. The lowest BCUT2D eigenvalue weighted by molar-refractivity contribution is 0.0160. The van der Waals surface area contributed by atoms with Gasteiger partial charge in [0.2, 0.25) is 0 Å². The molecule has 0 aliphatic carbocycles. The molecule has 2 aliphatic rings. The molecule has 2 aromatic rings. The number of rotatable bonds is 3. The molecule has 0 aromatic heterocycles. The second-order valence-electron chi connectivity index (χ2n) is 6.01. The van der Waals surface area contributed by atoms with Crippen LogP contribution in [0.5, 0.6) is 0 Å². The smallest absolute Gasteiger partial charge is 0.255 e. The average Bonchev–Trinajstić information content (AvgIpc) is 3.19. The molecule has 5 heteroatoms. The lowest BCUT2D eigenvalue weighted by Gasteiger charge is -2.23. The first-order valence-electron chi connectivity index (χ1n) is 7.75. The summed E-state index contributed by atoms with van der Waals surface area (Å²) in [4.78, 5) is 12.2. The molecular formula is C18H17ClN2O2. The van der Waals surface area contributed by atoms with E-state index in [1.165, 1.54) is 0 Å². The van der Waals surface area contributed by atoms with Crippen molar-refractivity contribution in [2.45, 2.75) is 24.7 Å². The van der Waals surface area contributed by atoms with E-state index in [-0.39, 0.29) is 12.0 Å². The Balaban J connectivity index is 1.44. The number of carbonyl (C=O) groups is 1. The van der Waals surface area contributed by atoms with E-state index in [0.717, 1.165) is 24.2 Å². The number of morpholine rings is 1. The Kier molecular flexibility index (Phi) is 3.81. The van der Waals surface area contributed by atoms with E-state index < -0.39 is 0 Å². The van der Waals surface area contributed by atoms with Gasteiger partial charge in [-0.25, -0.2) is 0 Å². The van der Waals surface area contributed by atoms with Crippen LogP contribution < -0.4 is 10.6 Å². The van der Waals surface area contributed by atoms with E-state index in [9.17, 15) is 4.79 Å². The van der Waals surface area contributed by atoms with E-state index in [1.807, 2.05) is 24.3 Å². The van der Waals surface area contributed by atoms with Crippen LogP contribution in [0.3, 0.4) is 0 Å². The number of halogens is 1. The number of ether oxygens (including phenoxy) is 1. The second kappa shape index (κ2) is 5.96. The first kappa shape index (κ1) is 14.7. The maximum absolute atomic E-state index is 12.2. The van der Waals surface area contributed by atoms with Crippen molar-refractivity contribution < 1.29 is 9.53 Å². The van der Waals surface area contributed by atoms with Gasteiger partial charge in [0.15, 0.2) is 0 Å². The summed E-state index contributed by atoms with van der Waals surface area (Å²) in [6.07, 6.45) is 1.55. The van der Waals surface area contributed by atoms with Crippen LogP contribution >= 0.6 is 11.6 Å². The van der Waals surface area contributed by atoms with Gasteiger partial charge < -0.3 is 15.4 Å². The number of carbonyl (C=O) groups excluding carboxylic acids is 1. The summed E-state index contributed by atoms with van der Waals surface area (Å²) in [5.41, 5.74) is 2.50. The van der Waals surface area contributed by atoms with Crippen molar-refractivity contribution >= 4 is 23.2 Å². The van der Waals surface area contributed by atoms with Crippen LogP contribution in [-0.4, -0.2) is 24.6 Å². The van der Waals surface area contributed by atoms with Gasteiger partial charge in [0.1, 0.15) is 0 Å². The van der Waals surface area contributed by atoms with E-state index >= 15 is 0 Å². The van der Waals surface area contributed by atoms with E-state index in [4.69, 9.17) is 16.3 Å². The van der Waals surface area contributed by atoms with Crippen molar-refractivity contribution in [1.82, 2.24) is 5.32 Å². The highest BCUT2D eigenvalue weighted by atomic mass is 35.5. The Bertz CT molecular complexity index is 715. The van der Waals surface area contributed by atoms with E-state index in [2.05, 4.69) is 10.6 Å². The first-order valence-corrected chi connectivity index (χ1v) is 8.12. The second-order valence-corrected chi connectivity index (χ2v) is 6.45. The van der Waals surface area contributed by atoms with Crippen molar-refractivity contribution in [2.75, 3.05) is 11.9 Å². The van der Waals surface area contributed by atoms with Gasteiger partial charge in [-0.3, -0.25) is 4.79 Å². The molecule has 3 atom stereocenters. The average molecular weight is 329 g/mol. The number of benzene rings is 2. The third-order valence-electron chi connectivity index (χ3n) is 4.43. The van der Waals surface area contributed by atoms with Crippen molar-refractivity contribution in [2.24, 2.45) is 0 Å². The molecule has 2 N–H and O–H groups in total. The van der Waals surface area contributed by atoms with Crippen LogP contribution in [0.4, 0.5) is 5.69 Å². The summed E-state index contributed by atoms with van der Waals surface area (Å²) in [6.45, 7) is 0.955. The minimum absolute atomic E-state index is 0.120. The molecule has 4 rings (SSSR count). The minimum atomic E-state index is -0.146. The molecule has 0 spiro atoms. The normalized spacial score (nSPS) is 25.5. The fourth-order valence-electron chi connectivity index (χ4n) is 3.24.